The van der Waals surface area contributed by atoms with Gasteiger partial charge in [-0.05, 0) is 46.5 Å². The summed E-state index contributed by atoms with van der Waals surface area (Å²) in [6, 6.07) is 11.0. The Morgan fingerprint density at radius 3 is 2.18 bits per heavy atom. The average Bonchev–Trinajstić information content (AvgIpc) is 2.82. The number of methoxy groups -OCH3 is 1. The van der Waals surface area contributed by atoms with Gasteiger partial charge < -0.3 is 4.74 Å². The van der Waals surface area contributed by atoms with Gasteiger partial charge in [0.2, 0.25) is 11.8 Å². The fourth-order valence-electron chi connectivity index (χ4n) is 3.42. The maximum atomic E-state index is 12.2. The number of ether oxygens (including phenoxy) is 1. The van der Waals surface area contributed by atoms with Crippen molar-refractivity contribution in [2.75, 3.05) is 7.11 Å². The lowest BCUT2D eigenvalue weighted by atomic mass is 9.72. The maximum absolute atomic E-state index is 12.2. The molecule has 0 aromatic heterocycles. The Bertz CT molecular complexity index is 831. The van der Waals surface area contributed by atoms with E-state index in [4.69, 9.17) is 16.3 Å². The van der Waals surface area contributed by atoms with Gasteiger partial charge in [-0.3, -0.25) is 14.9 Å². The van der Waals surface area contributed by atoms with Crippen molar-refractivity contribution in [1.29, 1.82) is 0 Å². The Morgan fingerprint density at radius 1 is 0.955 bits per heavy atom. The van der Waals surface area contributed by atoms with E-state index in [-0.39, 0.29) is 11.8 Å². The van der Waals surface area contributed by atoms with Crippen molar-refractivity contribution < 1.29 is 14.3 Å². The smallest absolute Gasteiger partial charge is 0.235 e. The van der Waals surface area contributed by atoms with Crippen LogP contribution in [0.25, 0.3) is 11.1 Å². The molecule has 0 spiro atoms. The van der Waals surface area contributed by atoms with Crippen LogP contribution in [0, 0.1) is 0 Å². The Balaban J connectivity index is 2.05. The Kier molecular flexibility index (Phi) is 2.78. The normalized spacial score (nSPS) is 21.7. The minimum absolute atomic E-state index is 0.248. The first-order valence-electron chi connectivity index (χ1n) is 6.92. The van der Waals surface area contributed by atoms with E-state index in [1.165, 1.54) is 0 Å². The standard InChI is InChI=1S/C17H12ClNO3/c1-22-9-3-5-11-13(7-9)12-6-8(18)2-4-10(12)14-15(11)17(21)19-16(14)20/h2-7,14-15H,1H3,(H,19,20,21). The lowest BCUT2D eigenvalue weighted by Crippen LogP contribution is -2.21. The molecule has 1 aliphatic heterocycles. The second-order valence-corrected chi connectivity index (χ2v) is 5.93. The topological polar surface area (TPSA) is 55.4 Å². The van der Waals surface area contributed by atoms with Gasteiger partial charge in [0.15, 0.2) is 0 Å². The van der Waals surface area contributed by atoms with Crippen molar-refractivity contribution in [3.63, 3.8) is 0 Å². The first-order valence-corrected chi connectivity index (χ1v) is 7.30. The number of amides is 2. The fourth-order valence-corrected chi connectivity index (χ4v) is 3.59. The number of nitrogens with one attached hydrogen (secondary N) is 1. The minimum Gasteiger partial charge on any atom is -0.497 e. The summed E-state index contributed by atoms with van der Waals surface area (Å²) in [4.78, 5) is 24.4. The summed E-state index contributed by atoms with van der Waals surface area (Å²) in [6.45, 7) is 0. The van der Waals surface area contributed by atoms with Gasteiger partial charge >= 0.3 is 0 Å². The highest BCUT2D eigenvalue weighted by Gasteiger charge is 2.47. The number of rotatable bonds is 1. The molecule has 2 aliphatic rings. The number of fused-ring (bicyclic) bond motifs is 6. The summed E-state index contributed by atoms with van der Waals surface area (Å²) in [5, 5.41) is 3.03. The minimum atomic E-state index is -0.485. The fraction of sp³-hybridized carbons (Fsp3) is 0.176. The lowest BCUT2D eigenvalue weighted by Gasteiger charge is -2.28. The zero-order chi connectivity index (χ0) is 15.4. The van der Waals surface area contributed by atoms with Crippen molar-refractivity contribution in [2.24, 2.45) is 0 Å². The van der Waals surface area contributed by atoms with Crippen LogP contribution in [0.3, 0.4) is 0 Å². The van der Waals surface area contributed by atoms with Gasteiger partial charge in [0, 0.05) is 5.02 Å². The van der Waals surface area contributed by atoms with Crippen LogP contribution < -0.4 is 10.1 Å². The molecule has 1 aliphatic carbocycles. The van der Waals surface area contributed by atoms with E-state index in [2.05, 4.69) is 5.32 Å². The summed E-state index contributed by atoms with van der Waals surface area (Å²) in [5.41, 5.74) is 3.44. The molecule has 0 radical (unpaired) electrons. The van der Waals surface area contributed by atoms with Gasteiger partial charge in [0.05, 0.1) is 18.9 Å². The molecule has 2 amide bonds. The molecule has 1 N–H and O–H groups in total. The zero-order valence-corrected chi connectivity index (χ0v) is 12.5. The molecule has 1 saturated heterocycles. The summed E-state index contributed by atoms with van der Waals surface area (Å²) < 4.78 is 5.28. The molecule has 4 rings (SSSR count). The van der Waals surface area contributed by atoms with Gasteiger partial charge in [-0.1, -0.05) is 23.7 Å². The number of imide groups is 1. The lowest BCUT2D eigenvalue weighted by molar-refractivity contribution is -0.125. The van der Waals surface area contributed by atoms with Crippen molar-refractivity contribution in [1.82, 2.24) is 5.32 Å². The largest absolute Gasteiger partial charge is 0.497 e. The third-order valence-corrected chi connectivity index (χ3v) is 4.62. The SMILES string of the molecule is COc1ccc2c(c1)-c1cc(Cl)ccc1C1C(=O)NC(=O)C21. The van der Waals surface area contributed by atoms with Crippen LogP contribution in [-0.2, 0) is 9.59 Å². The molecule has 0 saturated carbocycles. The van der Waals surface area contributed by atoms with Crippen LogP contribution in [0.5, 0.6) is 5.75 Å². The second-order valence-electron chi connectivity index (χ2n) is 5.49. The van der Waals surface area contributed by atoms with Gasteiger partial charge in [0.25, 0.3) is 0 Å². The molecule has 0 bridgehead atoms. The van der Waals surface area contributed by atoms with E-state index in [1.807, 2.05) is 30.3 Å². The van der Waals surface area contributed by atoms with Crippen LogP contribution in [0.15, 0.2) is 36.4 Å². The molecular weight excluding hydrogens is 302 g/mol. The van der Waals surface area contributed by atoms with E-state index < -0.39 is 11.8 Å². The Labute approximate surface area is 132 Å². The highest BCUT2D eigenvalue weighted by Crippen LogP contribution is 2.50. The van der Waals surface area contributed by atoms with E-state index in [9.17, 15) is 9.59 Å². The average molecular weight is 314 g/mol. The van der Waals surface area contributed by atoms with Crippen molar-refractivity contribution in [2.45, 2.75) is 11.8 Å². The molecule has 2 atom stereocenters. The van der Waals surface area contributed by atoms with E-state index >= 15 is 0 Å². The van der Waals surface area contributed by atoms with Gasteiger partial charge in [-0.25, -0.2) is 0 Å². The molecule has 2 unspecified atom stereocenters. The van der Waals surface area contributed by atoms with E-state index in [0.29, 0.717) is 10.8 Å². The molecule has 22 heavy (non-hydrogen) atoms. The molecule has 2 aromatic rings. The number of carbonyl (C=O) groups excluding carboxylic acids is 2. The molecule has 1 fully saturated rings. The van der Waals surface area contributed by atoms with E-state index in [1.54, 1.807) is 13.2 Å². The molecule has 2 aromatic carbocycles. The molecule has 5 heteroatoms. The number of halogens is 1. The zero-order valence-electron chi connectivity index (χ0n) is 11.7. The number of hydrogen-bond donors (Lipinski definition) is 1. The second kappa shape index (κ2) is 4.58. The molecule has 4 nitrogen and oxygen atoms in total. The third-order valence-electron chi connectivity index (χ3n) is 4.38. The third kappa shape index (κ3) is 1.70. The van der Waals surface area contributed by atoms with Crippen molar-refractivity contribution in [3.8, 4) is 16.9 Å². The summed E-state index contributed by atoms with van der Waals surface area (Å²) in [6.07, 6.45) is 0. The molecular formula is C17H12ClNO3. The van der Waals surface area contributed by atoms with Gasteiger partial charge in [-0.15, -0.1) is 0 Å². The van der Waals surface area contributed by atoms with Gasteiger partial charge in [0.1, 0.15) is 5.75 Å². The first kappa shape index (κ1) is 13.3. The quantitative estimate of drug-likeness (QED) is 0.824. The van der Waals surface area contributed by atoms with Crippen LogP contribution in [0.1, 0.15) is 23.0 Å². The highest BCUT2D eigenvalue weighted by molar-refractivity contribution is 6.31. The summed E-state index contributed by atoms with van der Waals surface area (Å²) in [5.74, 6) is -0.766. The Morgan fingerprint density at radius 2 is 1.55 bits per heavy atom. The van der Waals surface area contributed by atoms with E-state index in [0.717, 1.165) is 22.3 Å². The first-order chi connectivity index (χ1) is 10.6. The summed E-state index contributed by atoms with van der Waals surface area (Å²) in [7, 11) is 1.60. The predicted molar refractivity (Wildman–Crippen MR) is 82.1 cm³/mol. The van der Waals surface area contributed by atoms with Crippen LogP contribution >= 0.6 is 11.6 Å². The molecule has 110 valence electrons. The summed E-state index contributed by atoms with van der Waals surface area (Å²) >= 11 is 6.13. The maximum Gasteiger partial charge on any atom is 0.235 e. The van der Waals surface area contributed by atoms with Crippen molar-refractivity contribution in [3.05, 3.63) is 52.5 Å². The van der Waals surface area contributed by atoms with Crippen molar-refractivity contribution >= 4 is 23.4 Å². The number of hydrogen-bond acceptors (Lipinski definition) is 3. The van der Waals surface area contributed by atoms with Gasteiger partial charge in [-0.2, -0.15) is 0 Å². The monoisotopic (exact) mass is 313 g/mol. The van der Waals surface area contributed by atoms with Crippen LogP contribution in [-0.4, -0.2) is 18.9 Å². The highest BCUT2D eigenvalue weighted by atomic mass is 35.5. The van der Waals surface area contributed by atoms with Crippen LogP contribution in [0.2, 0.25) is 5.02 Å². The number of benzene rings is 2. The van der Waals surface area contributed by atoms with Crippen LogP contribution in [0.4, 0.5) is 0 Å². The number of carbonyl (C=O) groups is 2. The Hall–Kier alpha value is -2.33. The predicted octanol–water partition coefficient (Wildman–Crippen LogP) is 2.85. The molecule has 1 heterocycles.